The average Bonchev–Trinajstić information content (AvgIpc) is 3.07. The van der Waals surface area contributed by atoms with Crippen LogP contribution in [0.4, 0.5) is 5.82 Å². The Labute approximate surface area is 189 Å². The second-order valence-corrected chi connectivity index (χ2v) is 9.40. The van der Waals surface area contributed by atoms with Crippen LogP contribution in [-0.4, -0.2) is 34.9 Å². The van der Waals surface area contributed by atoms with E-state index in [0.717, 1.165) is 34.7 Å². The predicted octanol–water partition coefficient (Wildman–Crippen LogP) is 3.57. The maximum absolute atomic E-state index is 12.5. The second-order valence-electron chi connectivity index (χ2n) is 7.76. The highest BCUT2D eigenvalue weighted by Crippen LogP contribution is 2.35. The first-order valence-corrected chi connectivity index (χ1v) is 11.4. The van der Waals surface area contributed by atoms with Crippen LogP contribution in [0, 0.1) is 19.8 Å². The highest BCUT2D eigenvalue weighted by molar-refractivity contribution is 7.18. The Bertz CT molecular complexity index is 1110. The minimum absolute atomic E-state index is 0.144. The Hall–Kier alpha value is -2.71. The number of benzene rings is 1. The smallest absolute Gasteiger partial charge is 0.242 e. The summed E-state index contributed by atoms with van der Waals surface area (Å²) in [5, 5.41) is 1.73. The normalized spacial score (nSPS) is 14.6. The third kappa shape index (κ3) is 4.80. The number of hydrazine groups is 1. The van der Waals surface area contributed by atoms with E-state index in [1.165, 1.54) is 10.4 Å². The summed E-state index contributed by atoms with van der Waals surface area (Å²) in [6.45, 7) is 5.67. The summed E-state index contributed by atoms with van der Waals surface area (Å²) in [7, 11) is 0. The zero-order valence-corrected chi connectivity index (χ0v) is 19.0. The third-order valence-corrected chi connectivity index (χ3v) is 7.08. The van der Waals surface area contributed by atoms with Crippen molar-refractivity contribution in [3.63, 3.8) is 0 Å². The number of fused-ring (bicyclic) bond motifs is 1. The van der Waals surface area contributed by atoms with Crippen LogP contribution < -0.4 is 15.8 Å². The molecule has 1 aromatic carbocycles. The van der Waals surface area contributed by atoms with Crippen molar-refractivity contribution in [2.24, 2.45) is 5.92 Å². The molecule has 0 bridgehead atoms. The van der Waals surface area contributed by atoms with Gasteiger partial charge in [-0.1, -0.05) is 23.7 Å². The van der Waals surface area contributed by atoms with Crippen LogP contribution in [-0.2, 0) is 16.0 Å². The van der Waals surface area contributed by atoms with Gasteiger partial charge in [-0.15, -0.1) is 11.3 Å². The summed E-state index contributed by atoms with van der Waals surface area (Å²) in [6.07, 6.45) is 3.19. The molecule has 162 valence electrons. The van der Waals surface area contributed by atoms with E-state index in [1.807, 2.05) is 0 Å². The molecule has 9 heteroatoms. The van der Waals surface area contributed by atoms with Crippen molar-refractivity contribution in [2.45, 2.75) is 33.1 Å². The molecule has 7 nitrogen and oxygen atoms in total. The number of nitrogens with one attached hydrogen (secondary N) is 2. The lowest BCUT2D eigenvalue weighted by atomic mass is 9.96. The Morgan fingerprint density at radius 2 is 1.84 bits per heavy atom. The standard InChI is InChI=1S/C22H24ClN5O2S/c1-13-14(2)31-22-19(13)20(24-12-25-22)28-9-7-16(8-10-28)21(30)27-26-18(29)11-15-3-5-17(23)6-4-15/h3-6,12,16H,7-11H2,1-2H3,(H,26,29)(H,27,30). The summed E-state index contributed by atoms with van der Waals surface area (Å²) in [5.74, 6) is 0.385. The number of halogens is 1. The molecule has 2 N–H and O–H groups in total. The Balaban J connectivity index is 1.30. The topological polar surface area (TPSA) is 87.2 Å². The van der Waals surface area contributed by atoms with E-state index in [-0.39, 0.29) is 24.2 Å². The zero-order chi connectivity index (χ0) is 22.0. The summed E-state index contributed by atoms with van der Waals surface area (Å²) in [4.78, 5) is 38.0. The molecule has 3 heterocycles. The van der Waals surface area contributed by atoms with Gasteiger partial charge < -0.3 is 4.90 Å². The fourth-order valence-electron chi connectivity index (χ4n) is 3.82. The van der Waals surface area contributed by atoms with E-state index in [9.17, 15) is 9.59 Å². The van der Waals surface area contributed by atoms with Gasteiger partial charge in [0.2, 0.25) is 11.8 Å². The van der Waals surface area contributed by atoms with Crippen molar-refractivity contribution < 1.29 is 9.59 Å². The molecule has 1 fully saturated rings. The quantitative estimate of drug-likeness (QED) is 0.585. The van der Waals surface area contributed by atoms with Crippen molar-refractivity contribution in [1.29, 1.82) is 0 Å². The minimum Gasteiger partial charge on any atom is -0.356 e. The first-order valence-electron chi connectivity index (χ1n) is 10.2. The molecule has 3 aromatic rings. The molecule has 0 aliphatic carbocycles. The lowest BCUT2D eigenvalue weighted by molar-refractivity contribution is -0.131. The molecule has 2 amide bonds. The molecule has 2 aromatic heterocycles. The molecular formula is C22H24ClN5O2S. The van der Waals surface area contributed by atoms with Gasteiger partial charge in [-0.05, 0) is 49.9 Å². The molecule has 1 saturated heterocycles. The van der Waals surface area contributed by atoms with Gasteiger partial charge in [0.15, 0.2) is 0 Å². The Kier molecular flexibility index (Phi) is 6.38. The molecule has 0 radical (unpaired) electrons. The molecule has 0 saturated carbocycles. The maximum atomic E-state index is 12.5. The third-order valence-electron chi connectivity index (χ3n) is 5.71. The van der Waals surface area contributed by atoms with Crippen molar-refractivity contribution in [2.75, 3.05) is 18.0 Å². The molecule has 0 atom stereocenters. The first kappa shape index (κ1) is 21.5. The fourth-order valence-corrected chi connectivity index (χ4v) is 4.94. The van der Waals surface area contributed by atoms with E-state index in [1.54, 1.807) is 41.9 Å². The zero-order valence-electron chi connectivity index (χ0n) is 17.4. The van der Waals surface area contributed by atoms with Crippen molar-refractivity contribution in [3.05, 3.63) is 51.6 Å². The molecular weight excluding hydrogens is 434 g/mol. The molecule has 0 spiro atoms. The van der Waals surface area contributed by atoms with Gasteiger partial charge in [0, 0.05) is 28.9 Å². The summed E-state index contributed by atoms with van der Waals surface area (Å²) < 4.78 is 0. The monoisotopic (exact) mass is 457 g/mol. The van der Waals surface area contributed by atoms with Crippen LogP contribution in [0.1, 0.15) is 28.8 Å². The van der Waals surface area contributed by atoms with Crippen molar-refractivity contribution >= 4 is 50.8 Å². The molecule has 4 rings (SSSR count). The number of thiophene rings is 1. The number of aromatic nitrogens is 2. The molecule has 0 unspecified atom stereocenters. The van der Waals surface area contributed by atoms with Crippen LogP contribution in [0.25, 0.3) is 10.2 Å². The number of carbonyl (C=O) groups excluding carboxylic acids is 2. The highest BCUT2D eigenvalue weighted by Gasteiger charge is 2.27. The number of aryl methyl sites for hydroxylation is 2. The van der Waals surface area contributed by atoms with Crippen LogP contribution in [0.15, 0.2) is 30.6 Å². The second kappa shape index (κ2) is 9.20. The maximum Gasteiger partial charge on any atom is 0.242 e. The Morgan fingerprint density at radius 3 is 2.55 bits per heavy atom. The molecule has 1 aliphatic rings. The van der Waals surface area contributed by atoms with Crippen LogP contribution in [0.3, 0.4) is 0 Å². The summed E-state index contributed by atoms with van der Waals surface area (Å²) >= 11 is 7.54. The van der Waals surface area contributed by atoms with E-state index in [4.69, 9.17) is 11.6 Å². The van der Waals surface area contributed by atoms with Gasteiger partial charge in [-0.3, -0.25) is 20.4 Å². The average molecular weight is 458 g/mol. The van der Waals surface area contributed by atoms with Gasteiger partial charge in [0.1, 0.15) is 17.0 Å². The number of amides is 2. The van der Waals surface area contributed by atoms with Gasteiger partial charge in [-0.2, -0.15) is 0 Å². The molecule has 31 heavy (non-hydrogen) atoms. The van der Waals surface area contributed by atoms with E-state index in [0.29, 0.717) is 17.9 Å². The number of hydrogen-bond donors (Lipinski definition) is 2. The predicted molar refractivity (Wildman–Crippen MR) is 123 cm³/mol. The molecule has 1 aliphatic heterocycles. The first-order chi connectivity index (χ1) is 14.9. The highest BCUT2D eigenvalue weighted by atomic mass is 35.5. The van der Waals surface area contributed by atoms with Gasteiger partial charge in [0.25, 0.3) is 0 Å². The largest absolute Gasteiger partial charge is 0.356 e. The van der Waals surface area contributed by atoms with E-state index < -0.39 is 0 Å². The van der Waals surface area contributed by atoms with E-state index in [2.05, 4.69) is 39.6 Å². The Morgan fingerprint density at radius 1 is 1.13 bits per heavy atom. The lowest BCUT2D eigenvalue weighted by Crippen LogP contribution is -2.48. The van der Waals surface area contributed by atoms with E-state index >= 15 is 0 Å². The number of rotatable bonds is 4. The number of nitrogens with zero attached hydrogens (tertiary/aromatic N) is 3. The number of hydrogen-bond acceptors (Lipinski definition) is 6. The summed E-state index contributed by atoms with van der Waals surface area (Å²) in [6, 6.07) is 7.06. The fraction of sp³-hybridized carbons (Fsp3) is 0.364. The number of anilines is 1. The van der Waals surface area contributed by atoms with Crippen molar-refractivity contribution in [1.82, 2.24) is 20.8 Å². The van der Waals surface area contributed by atoms with Crippen LogP contribution in [0.5, 0.6) is 0 Å². The number of piperidine rings is 1. The SMILES string of the molecule is Cc1sc2ncnc(N3CCC(C(=O)NNC(=O)Cc4ccc(Cl)cc4)CC3)c2c1C. The minimum atomic E-state index is -0.264. The van der Waals surface area contributed by atoms with Gasteiger partial charge in [-0.25, -0.2) is 9.97 Å². The van der Waals surface area contributed by atoms with Crippen LogP contribution >= 0.6 is 22.9 Å². The summed E-state index contributed by atoms with van der Waals surface area (Å²) in [5.41, 5.74) is 7.14. The van der Waals surface area contributed by atoms with Gasteiger partial charge in [0.05, 0.1) is 11.8 Å². The number of carbonyl (C=O) groups is 2. The van der Waals surface area contributed by atoms with Crippen LogP contribution in [0.2, 0.25) is 5.02 Å². The van der Waals surface area contributed by atoms with Crippen molar-refractivity contribution in [3.8, 4) is 0 Å². The lowest BCUT2D eigenvalue weighted by Gasteiger charge is -2.32. The van der Waals surface area contributed by atoms with Gasteiger partial charge >= 0.3 is 0 Å².